The molecule has 0 spiro atoms. The second kappa shape index (κ2) is 72.0. The summed E-state index contributed by atoms with van der Waals surface area (Å²) < 4.78 is 73.5. The zero-order chi connectivity index (χ0) is 86.8. The van der Waals surface area contributed by atoms with Crippen molar-refractivity contribution in [3.63, 3.8) is 0 Å². The standard InChI is InChI=1S/C93H171O25P/c1-5-9-13-17-21-25-29-33-36-39-42-46-50-54-58-62-66-77(96)110-72-75-81(100)83(102)87(106)93(114-75)117-90-88(115-79(98)68-64-60-56-52-48-43-38-35-31-27-23-19-15-11-7-3)84(103)85(104)89(116-92-86(105)82(101)80(99)74(69-94)113-92)91(90)118-119(107,108)111-71-73(70-109-76(95)65-61-57-53-49-45-41-32-28-24-20-16-12-8-4)112-78(97)67-63-59-55-51-47-44-40-37-34-30-26-22-18-14-10-6-2/h27,31,41,45,73-75,80-94,99-106H,5-26,28-30,32-40,42-44,46-72H2,1-4H3,(H,107,108)/b31-27-,45-41-. The largest absolute Gasteiger partial charge is 0.472 e. The Bertz CT molecular complexity index is 2570. The van der Waals surface area contributed by atoms with Crippen LogP contribution >= 0.6 is 7.82 Å². The van der Waals surface area contributed by atoms with Crippen molar-refractivity contribution in [3.8, 4) is 0 Å². The van der Waals surface area contributed by atoms with Gasteiger partial charge < -0.3 is 88.7 Å². The lowest BCUT2D eigenvalue weighted by atomic mass is 9.84. The fourth-order valence-corrected chi connectivity index (χ4v) is 16.7. The molecule has 2 heterocycles. The minimum Gasteiger partial charge on any atom is -0.463 e. The zero-order valence-electron chi connectivity index (χ0n) is 74.4. The van der Waals surface area contributed by atoms with Crippen molar-refractivity contribution in [1.29, 1.82) is 0 Å². The monoisotopic (exact) mass is 1720 g/mol. The van der Waals surface area contributed by atoms with E-state index in [1.54, 1.807) is 0 Å². The van der Waals surface area contributed by atoms with E-state index in [-0.39, 0.29) is 25.7 Å². The lowest BCUT2D eigenvalue weighted by molar-refractivity contribution is -0.360. The highest BCUT2D eigenvalue weighted by Crippen LogP contribution is 2.49. The van der Waals surface area contributed by atoms with E-state index < -0.39 is 162 Å². The normalized spacial score (nSPS) is 24.9. The topological polar surface area (TPSA) is 380 Å². The van der Waals surface area contributed by atoms with Gasteiger partial charge in [-0.15, -0.1) is 0 Å². The van der Waals surface area contributed by atoms with E-state index >= 15 is 0 Å². The third-order valence-electron chi connectivity index (χ3n) is 23.4. The smallest absolute Gasteiger partial charge is 0.463 e. The number of phosphoric ester groups is 1. The average Bonchev–Trinajstić information content (AvgIpc) is 0.754. The van der Waals surface area contributed by atoms with Gasteiger partial charge in [0.2, 0.25) is 0 Å². The van der Waals surface area contributed by atoms with Crippen molar-refractivity contribution < 1.29 is 122 Å². The summed E-state index contributed by atoms with van der Waals surface area (Å²) in [6, 6.07) is 0. The number of aliphatic hydroxyl groups is 9. The van der Waals surface area contributed by atoms with E-state index in [4.69, 9.17) is 46.9 Å². The maximum atomic E-state index is 14.9. The summed E-state index contributed by atoms with van der Waals surface area (Å²) in [5, 5.41) is 102. The van der Waals surface area contributed by atoms with E-state index in [0.717, 1.165) is 141 Å². The Kier molecular flexibility index (Phi) is 66.7. The van der Waals surface area contributed by atoms with Crippen LogP contribution < -0.4 is 0 Å². The molecule has 1 saturated carbocycles. The first-order valence-corrected chi connectivity index (χ1v) is 49.6. The Morgan fingerprint density at radius 1 is 0.328 bits per heavy atom. The summed E-state index contributed by atoms with van der Waals surface area (Å²) in [6.07, 6.45) is 33.0. The Morgan fingerprint density at radius 2 is 0.630 bits per heavy atom. The van der Waals surface area contributed by atoms with Crippen LogP contribution in [0.15, 0.2) is 24.3 Å². The van der Waals surface area contributed by atoms with E-state index in [2.05, 4.69) is 52.0 Å². The first kappa shape index (κ1) is 110. The molecule has 0 aromatic carbocycles. The highest BCUT2D eigenvalue weighted by Gasteiger charge is 2.60. The Balaban J connectivity index is 1.91. The number of carbonyl (C=O) groups excluding carboxylic acids is 4. The summed E-state index contributed by atoms with van der Waals surface area (Å²) in [4.78, 5) is 66.5. The minimum atomic E-state index is -5.81. The van der Waals surface area contributed by atoms with E-state index in [1.807, 2.05) is 0 Å². The molecule has 0 aromatic rings. The second-order valence-corrected chi connectivity index (χ2v) is 35.6. The van der Waals surface area contributed by atoms with Crippen molar-refractivity contribution in [2.45, 2.75) is 517 Å². The van der Waals surface area contributed by atoms with Crippen LogP contribution in [0.2, 0.25) is 0 Å². The van der Waals surface area contributed by atoms with Gasteiger partial charge in [-0.2, -0.15) is 0 Å². The summed E-state index contributed by atoms with van der Waals surface area (Å²) in [7, 11) is -5.81. The van der Waals surface area contributed by atoms with Gasteiger partial charge in [0, 0.05) is 25.7 Å². The van der Waals surface area contributed by atoms with Gasteiger partial charge in [0.1, 0.15) is 92.6 Å². The van der Waals surface area contributed by atoms with Crippen LogP contribution in [0.4, 0.5) is 0 Å². The van der Waals surface area contributed by atoms with Crippen LogP contribution in [0.5, 0.6) is 0 Å². The van der Waals surface area contributed by atoms with Crippen molar-refractivity contribution in [2.24, 2.45) is 0 Å². The van der Waals surface area contributed by atoms with Crippen molar-refractivity contribution >= 4 is 31.7 Å². The lowest BCUT2D eigenvalue weighted by Gasteiger charge is -2.50. The van der Waals surface area contributed by atoms with Crippen LogP contribution in [0, 0.1) is 0 Å². The third kappa shape index (κ3) is 52.0. The molecule has 25 nitrogen and oxygen atoms in total. The Morgan fingerprint density at radius 3 is 1.02 bits per heavy atom. The molecule has 26 heteroatoms. The lowest BCUT2D eigenvalue weighted by Crippen LogP contribution is -2.70. The Labute approximate surface area is 717 Å². The van der Waals surface area contributed by atoms with Crippen molar-refractivity contribution in [1.82, 2.24) is 0 Å². The van der Waals surface area contributed by atoms with Gasteiger partial charge in [0.25, 0.3) is 0 Å². The molecule has 10 N–H and O–H groups in total. The molecule has 698 valence electrons. The molecule has 0 bridgehead atoms. The maximum absolute atomic E-state index is 14.9. The van der Waals surface area contributed by atoms with Gasteiger partial charge in [0.05, 0.1) is 13.2 Å². The van der Waals surface area contributed by atoms with Gasteiger partial charge in [-0.05, 0) is 77.0 Å². The third-order valence-corrected chi connectivity index (χ3v) is 24.4. The van der Waals surface area contributed by atoms with Gasteiger partial charge in [-0.3, -0.25) is 28.2 Å². The number of rotatable bonds is 78. The summed E-state index contributed by atoms with van der Waals surface area (Å²) in [5.41, 5.74) is 0. The molecule has 18 atom stereocenters. The van der Waals surface area contributed by atoms with Crippen molar-refractivity contribution in [2.75, 3.05) is 26.4 Å². The molecule has 3 rings (SSSR count). The van der Waals surface area contributed by atoms with Gasteiger partial charge >= 0.3 is 31.7 Å². The predicted octanol–water partition coefficient (Wildman–Crippen LogP) is 18.1. The molecule has 2 aliphatic heterocycles. The molecule has 2 saturated heterocycles. The highest BCUT2D eigenvalue weighted by atomic mass is 31.2. The molecule has 0 aromatic heterocycles. The van der Waals surface area contributed by atoms with E-state index in [9.17, 15) is 74.6 Å². The van der Waals surface area contributed by atoms with Gasteiger partial charge in [0.15, 0.2) is 24.8 Å². The van der Waals surface area contributed by atoms with Crippen molar-refractivity contribution in [3.05, 3.63) is 24.3 Å². The molecule has 3 fully saturated rings. The minimum absolute atomic E-state index is 0.0152. The fourth-order valence-electron chi connectivity index (χ4n) is 15.8. The number of hydrogen-bond acceptors (Lipinski definition) is 24. The molecule has 119 heavy (non-hydrogen) atoms. The summed E-state index contributed by atoms with van der Waals surface area (Å²) in [5.74, 6) is -2.98. The first-order chi connectivity index (χ1) is 57.7. The van der Waals surface area contributed by atoms with Crippen LogP contribution in [0.25, 0.3) is 0 Å². The number of ether oxygens (including phenoxy) is 8. The number of esters is 4. The van der Waals surface area contributed by atoms with Gasteiger partial charge in [-0.1, -0.05) is 335 Å². The number of allylic oxidation sites excluding steroid dienone is 4. The average molecular weight is 1720 g/mol. The molecular weight excluding hydrogens is 1550 g/mol. The maximum Gasteiger partial charge on any atom is 0.472 e. The number of carbonyl (C=O) groups is 4. The van der Waals surface area contributed by atoms with E-state index in [1.165, 1.54) is 186 Å². The second-order valence-electron chi connectivity index (χ2n) is 34.2. The zero-order valence-corrected chi connectivity index (χ0v) is 75.3. The molecule has 1 aliphatic carbocycles. The van der Waals surface area contributed by atoms with Gasteiger partial charge in [-0.25, -0.2) is 4.57 Å². The van der Waals surface area contributed by atoms with Crippen LogP contribution in [0.3, 0.4) is 0 Å². The number of unbranched alkanes of at least 4 members (excludes halogenated alkanes) is 50. The SMILES string of the molecule is CCCCCC/C=C\CCCCCCCCCC(=O)OC1C(O)C(O)C(OC2OC(CO)C(O)C(O)C2O)C(OP(=O)(O)OCC(COC(=O)CCCCC/C=C\CCCCCCCC)OC(=O)CCCCCCCCCCCCCCCCCC)C1OC1OC(COC(=O)CCCCCCCCCCCCCCCCCC)C(O)C(O)C1O. The number of phosphoric acid groups is 1. The molecule has 0 amide bonds. The number of aliphatic hydroxyl groups excluding tert-OH is 9. The molecule has 3 aliphatic rings. The molecular formula is C93H171O25P. The number of hydrogen-bond donors (Lipinski definition) is 10. The van der Waals surface area contributed by atoms with Crippen LogP contribution in [-0.2, 0) is 70.7 Å². The quantitative estimate of drug-likeness (QED) is 0.00889. The van der Waals surface area contributed by atoms with Crippen LogP contribution in [0.1, 0.15) is 413 Å². The van der Waals surface area contributed by atoms with Crippen LogP contribution in [-0.4, -0.2) is 205 Å². The predicted molar refractivity (Wildman–Crippen MR) is 463 cm³/mol. The molecule has 0 radical (unpaired) electrons. The summed E-state index contributed by atoms with van der Waals surface area (Å²) in [6.45, 7) is 5.59. The van der Waals surface area contributed by atoms with E-state index in [0.29, 0.717) is 32.1 Å². The Hall–Kier alpha value is -3.05. The molecule has 18 unspecified atom stereocenters. The highest BCUT2D eigenvalue weighted by molar-refractivity contribution is 7.47. The fraction of sp³-hybridized carbons (Fsp3) is 0.914. The first-order valence-electron chi connectivity index (χ1n) is 48.1. The summed E-state index contributed by atoms with van der Waals surface area (Å²) >= 11 is 0.